The van der Waals surface area contributed by atoms with Gasteiger partial charge in [0.05, 0.1) is 5.56 Å². The highest BCUT2D eigenvalue weighted by Gasteiger charge is 2.30. The van der Waals surface area contributed by atoms with Crippen molar-refractivity contribution in [3.05, 3.63) is 35.4 Å². The van der Waals surface area contributed by atoms with Crippen LogP contribution >= 0.6 is 0 Å². The van der Waals surface area contributed by atoms with Gasteiger partial charge in [0, 0.05) is 12.6 Å². The average molecular weight is 304 g/mol. The number of rotatable bonds is 3. The van der Waals surface area contributed by atoms with Crippen LogP contribution in [0.15, 0.2) is 24.3 Å². The van der Waals surface area contributed by atoms with E-state index in [0.717, 1.165) is 12.1 Å². The molecule has 1 aromatic carbocycles. The molecule has 1 atom stereocenters. The summed E-state index contributed by atoms with van der Waals surface area (Å²) in [7, 11) is 0. The lowest BCUT2D eigenvalue weighted by molar-refractivity contribution is -0.137. The summed E-state index contributed by atoms with van der Waals surface area (Å²) < 4.78 is 42.3. The molecule has 21 heavy (non-hydrogen) atoms. The summed E-state index contributed by atoms with van der Waals surface area (Å²) in [5.41, 5.74) is 4.95. The lowest BCUT2D eigenvalue weighted by Gasteiger charge is -2.21. The smallest absolute Gasteiger partial charge is 0.416 e. The molecule has 0 unspecified atom stereocenters. The fourth-order valence-electron chi connectivity index (χ4n) is 1.54. The first-order chi connectivity index (χ1) is 9.49. The van der Waals surface area contributed by atoms with Gasteiger partial charge in [0.15, 0.2) is 0 Å². The molecule has 3 N–H and O–H groups in total. The summed E-state index contributed by atoms with van der Waals surface area (Å²) in [6.07, 6.45) is -5.00. The molecule has 0 aliphatic heterocycles. The van der Waals surface area contributed by atoms with Gasteiger partial charge >= 0.3 is 12.3 Å². The molecule has 0 bridgehead atoms. The Morgan fingerprint density at radius 2 is 1.76 bits per heavy atom. The highest BCUT2D eigenvalue weighted by molar-refractivity contribution is 5.67. The molecule has 0 saturated carbocycles. The molecule has 0 radical (unpaired) electrons. The Labute approximate surface area is 121 Å². The van der Waals surface area contributed by atoms with Crippen LogP contribution in [-0.2, 0) is 10.9 Å². The van der Waals surface area contributed by atoms with Gasteiger partial charge in [0.25, 0.3) is 0 Å². The quantitative estimate of drug-likeness (QED) is 0.901. The van der Waals surface area contributed by atoms with Crippen molar-refractivity contribution in [2.45, 2.75) is 38.6 Å². The number of hydrogen-bond donors (Lipinski definition) is 2. The van der Waals surface area contributed by atoms with Gasteiger partial charge in [-0.2, -0.15) is 13.2 Å². The number of alkyl carbamates (subject to hydrolysis) is 1. The maximum Gasteiger partial charge on any atom is 0.416 e. The number of ether oxygens (including phenoxy) is 1. The van der Waals surface area contributed by atoms with E-state index in [1.54, 1.807) is 20.8 Å². The van der Waals surface area contributed by atoms with Gasteiger partial charge in [0.2, 0.25) is 0 Å². The first kappa shape index (κ1) is 17.3. The number of nitrogens with two attached hydrogens (primary N) is 1. The third-order valence-electron chi connectivity index (χ3n) is 2.53. The minimum absolute atomic E-state index is 0.0697. The normalized spacial score (nSPS) is 13.7. The van der Waals surface area contributed by atoms with Crippen LogP contribution in [-0.4, -0.2) is 18.2 Å². The monoisotopic (exact) mass is 304 g/mol. The van der Waals surface area contributed by atoms with E-state index in [1.165, 1.54) is 12.1 Å². The van der Waals surface area contributed by atoms with Crippen LogP contribution in [0.3, 0.4) is 0 Å². The van der Waals surface area contributed by atoms with E-state index in [2.05, 4.69) is 5.32 Å². The second-order valence-electron chi connectivity index (χ2n) is 5.61. The number of amides is 1. The van der Waals surface area contributed by atoms with E-state index in [-0.39, 0.29) is 6.54 Å². The minimum atomic E-state index is -4.38. The van der Waals surface area contributed by atoms with Gasteiger partial charge < -0.3 is 15.8 Å². The summed E-state index contributed by atoms with van der Waals surface area (Å²) in [5.74, 6) is 0. The Morgan fingerprint density at radius 1 is 1.24 bits per heavy atom. The van der Waals surface area contributed by atoms with Crippen LogP contribution in [0, 0.1) is 0 Å². The Hall–Kier alpha value is -1.76. The lowest BCUT2D eigenvalue weighted by atomic mass is 10.1. The highest BCUT2D eigenvalue weighted by Crippen LogP contribution is 2.29. The zero-order valence-electron chi connectivity index (χ0n) is 12.1. The molecule has 0 heterocycles. The van der Waals surface area contributed by atoms with Crippen molar-refractivity contribution in [3.63, 3.8) is 0 Å². The molecule has 0 spiro atoms. The zero-order valence-corrected chi connectivity index (χ0v) is 12.1. The Balaban J connectivity index is 2.56. The topological polar surface area (TPSA) is 64.3 Å². The van der Waals surface area contributed by atoms with E-state index in [1.807, 2.05) is 0 Å². The molecule has 0 aliphatic carbocycles. The largest absolute Gasteiger partial charge is 0.444 e. The standard InChI is InChI=1S/C14H19F3N2O2/c1-13(2,3)21-12(20)19-8-11(18)9-4-6-10(7-5-9)14(15,16)17/h4-7,11H,8,18H2,1-3H3,(H,19,20)/t11-/m0/s1. The zero-order chi connectivity index (χ0) is 16.3. The van der Waals surface area contributed by atoms with Gasteiger partial charge in [-0.25, -0.2) is 4.79 Å². The van der Waals surface area contributed by atoms with Gasteiger partial charge in [-0.15, -0.1) is 0 Å². The van der Waals surface area contributed by atoms with Crippen molar-refractivity contribution in [2.75, 3.05) is 6.54 Å². The average Bonchev–Trinajstić information content (AvgIpc) is 2.33. The maximum absolute atomic E-state index is 12.4. The van der Waals surface area contributed by atoms with Crippen LogP contribution in [0.25, 0.3) is 0 Å². The molecule has 0 aromatic heterocycles. The summed E-state index contributed by atoms with van der Waals surface area (Å²) >= 11 is 0. The van der Waals surface area contributed by atoms with Gasteiger partial charge in [-0.1, -0.05) is 12.1 Å². The Bertz CT molecular complexity index is 478. The Kier molecular flexibility index (Phi) is 5.22. The molecular formula is C14H19F3N2O2. The summed E-state index contributed by atoms with van der Waals surface area (Å²) in [6.45, 7) is 5.24. The number of benzene rings is 1. The van der Waals surface area contributed by atoms with E-state index >= 15 is 0 Å². The molecule has 0 saturated heterocycles. The molecule has 118 valence electrons. The minimum Gasteiger partial charge on any atom is -0.444 e. The number of halogens is 3. The molecule has 0 aliphatic rings. The number of carbonyl (C=O) groups is 1. The number of alkyl halides is 3. The molecule has 1 rings (SSSR count). The van der Waals surface area contributed by atoms with E-state index in [4.69, 9.17) is 10.5 Å². The van der Waals surface area contributed by atoms with Crippen molar-refractivity contribution in [1.82, 2.24) is 5.32 Å². The number of carbonyl (C=O) groups excluding carboxylic acids is 1. The highest BCUT2D eigenvalue weighted by atomic mass is 19.4. The number of hydrogen-bond acceptors (Lipinski definition) is 3. The van der Waals surface area contributed by atoms with Gasteiger partial charge in [0.1, 0.15) is 5.60 Å². The predicted molar refractivity (Wildman–Crippen MR) is 72.6 cm³/mol. The molecule has 7 heteroatoms. The van der Waals surface area contributed by atoms with Crippen LogP contribution in [0.1, 0.15) is 37.9 Å². The van der Waals surface area contributed by atoms with Crippen LogP contribution in [0.5, 0.6) is 0 Å². The van der Waals surface area contributed by atoms with Crippen LogP contribution in [0.4, 0.5) is 18.0 Å². The fourth-order valence-corrected chi connectivity index (χ4v) is 1.54. The second kappa shape index (κ2) is 6.34. The first-order valence-electron chi connectivity index (χ1n) is 6.38. The summed E-state index contributed by atoms with van der Waals surface area (Å²) in [6, 6.07) is 3.90. The van der Waals surface area contributed by atoms with Crippen molar-refractivity contribution < 1.29 is 22.7 Å². The van der Waals surface area contributed by atoms with Crippen molar-refractivity contribution in [1.29, 1.82) is 0 Å². The first-order valence-corrected chi connectivity index (χ1v) is 6.38. The number of nitrogens with one attached hydrogen (secondary N) is 1. The van der Waals surface area contributed by atoms with Crippen LogP contribution < -0.4 is 11.1 Å². The van der Waals surface area contributed by atoms with Crippen molar-refractivity contribution >= 4 is 6.09 Å². The second-order valence-corrected chi connectivity index (χ2v) is 5.61. The van der Waals surface area contributed by atoms with Gasteiger partial charge in [-0.3, -0.25) is 0 Å². The third kappa shape index (κ3) is 6.03. The molecule has 1 aromatic rings. The molecule has 4 nitrogen and oxygen atoms in total. The van der Waals surface area contributed by atoms with Crippen molar-refractivity contribution in [3.8, 4) is 0 Å². The third-order valence-corrected chi connectivity index (χ3v) is 2.53. The predicted octanol–water partition coefficient (Wildman–Crippen LogP) is 3.23. The molecular weight excluding hydrogens is 285 g/mol. The fraction of sp³-hybridized carbons (Fsp3) is 0.500. The van der Waals surface area contributed by atoms with E-state index < -0.39 is 29.5 Å². The van der Waals surface area contributed by atoms with Gasteiger partial charge in [-0.05, 0) is 38.5 Å². The lowest BCUT2D eigenvalue weighted by Crippen LogP contribution is -2.36. The van der Waals surface area contributed by atoms with E-state index in [9.17, 15) is 18.0 Å². The molecule has 0 fully saturated rings. The summed E-state index contributed by atoms with van der Waals surface area (Å²) in [5, 5.41) is 2.47. The van der Waals surface area contributed by atoms with Crippen LogP contribution in [0.2, 0.25) is 0 Å². The SMILES string of the molecule is CC(C)(C)OC(=O)NC[C@H](N)c1ccc(C(F)(F)F)cc1. The van der Waals surface area contributed by atoms with E-state index in [0.29, 0.717) is 5.56 Å². The molecule has 1 amide bonds. The van der Waals surface area contributed by atoms with Crippen molar-refractivity contribution in [2.24, 2.45) is 5.73 Å². The summed E-state index contributed by atoms with van der Waals surface area (Å²) in [4.78, 5) is 11.4. The maximum atomic E-state index is 12.4. The Morgan fingerprint density at radius 3 is 2.19 bits per heavy atom.